The first kappa shape index (κ1) is 18.2. The average Bonchev–Trinajstić information content (AvgIpc) is 2.55. The number of amides is 1. The molecule has 0 aliphatic carbocycles. The van der Waals surface area contributed by atoms with Crippen LogP contribution < -0.4 is 5.32 Å². The molecule has 0 radical (unpaired) electrons. The number of rotatable bonds is 4. The molecule has 1 fully saturated rings. The van der Waals surface area contributed by atoms with Crippen LogP contribution in [-0.2, 0) is 4.79 Å². The van der Waals surface area contributed by atoms with Crippen LogP contribution in [0.3, 0.4) is 0 Å². The Kier molecular flexibility index (Phi) is 6.00. The van der Waals surface area contributed by atoms with E-state index in [0.717, 1.165) is 25.1 Å². The lowest BCUT2D eigenvalue weighted by Gasteiger charge is -2.36. The van der Waals surface area contributed by atoms with Gasteiger partial charge in [-0.25, -0.2) is 0 Å². The first-order valence-corrected chi connectivity index (χ1v) is 9.34. The van der Waals surface area contributed by atoms with Gasteiger partial charge in [0, 0.05) is 22.3 Å². The fraction of sp³-hybridized carbons (Fsp3) is 0.350. The summed E-state index contributed by atoms with van der Waals surface area (Å²) in [7, 11) is 0. The van der Waals surface area contributed by atoms with Crippen LogP contribution in [0.1, 0.15) is 31.4 Å². The van der Waals surface area contributed by atoms with Crippen molar-refractivity contribution < 1.29 is 4.79 Å². The molecule has 1 amide bonds. The molecule has 2 unspecified atom stereocenters. The number of carbonyl (C=O) groups excluding carboxylic acids is 1. The van der Waals surface area contributed by atoms with E-state index < -0.39 is 0 Å². The first-order chi connectivity index (χ1) is 12.0. The Morgan fingerprint density at radius 2 is 1.84 bits per heavy atom. The van der Waals surface area contributed by atoms with Crippen LogP contribution in [-0.4, -0.2) is 23.9 Å². The second-order valence-electron chi connectivity index (χ2n) is 6.70. The van der Waals surface area contributed by atoms with Gasteiger partial charge in [-0.2, -0.15) is 0 Å². The van der Waals surface area contributed by atoms with Crippen LogP contribution in [0, 0.1) is 5.92 Å². The van der Waals surface area contributed by atoms with Crippen LogP contribution >= 0.6 is 23.2 Å². The summed E-state index contributed by atoms with van der Waals surface area (Å²) >= 11 is 12.1. The molecule has 2 atom stereocenters. The lowest BCUT2D eigenvalue weighted by atomic mass is 9.95. The Morgan fingerprint density at radius 1 is 1.16 bits per heavy atom. The Bertz CT molecular complexity index is 715. The molecular formula is C20H22Cl2N2O. The highest BCUT2D eigenvalue weighted by molar-refractivity contribution is 6.35. The molecule has 2 aromatic rings. The number of likely N-dealkylation sites (tertiary alicyclic amines) is 1. The number of halogens is 2. The highest BCUT2D eigenvalue weighted by atomic mass is 35.5. The molecule has 0 spiro atoms. The number of nitrogens with one attached hydrogen (secondary N) is 1. The summed E-state index contributed by atoms with van der Waals surface area (Å²) in [6.45, 7) is 4.08. The van der Waals surface area contributed by atoms with Crippen LogP contribution in [0.4, 0.5) is 5.69 Å². The summed E-state index contributed by atoms with van der Waals surface area (Å²) in [6, 6.07) is 14.7. The molecular weight excluding hydrogens is 355 g/mol. The zero-order valence-corrected chi connectivity index (χ0v) is 15.7. The van der Waals surface area contributed by atoms with Crippen molar-refractivity contribution in [1.82, 2.24) is 4.90 Å². The highest BCUT2D eigenvalue weighted by Gasteiger charge is 2.30. The van der Waals surface area contributed by atoms with Crippen molar-refractivity contribution in [3.8, 4) is 0 Å². The monoisotopic (exact) mass is 376 g/mol. The van der Waals surface area contributed by atoms with Crippen molar-refractivity contribution in [2.75, 3.05) is 18.4 Å². The van der Waals surface area contributed by atoms with Crippen molar-refractivity contribution in [2.24, 2.45) is 5.92 Å². The third-order valence-electron chi connectivity index (χ3n) is 4.55. The van der Waals surface area contributed by atoms with Crippen molar-refractivity contribution in [2.45, 2.75) is 25.8 Å². The molecule has 3 rings (SSSR count). The van der Waals surface area contributed by atoms with Gasteiger partial charge in [0.15, 0.2) is 0 Å². The molecule has 1 saturated heterocycles. The zero-order valence-electron chi connectivity index (χ0n) is 14.2. The number of hydrogen-bond donors (Lipinski definition) is 1. The quantitative estimate of drug-likeness (QED) is 0.773. The van der Waals surface area contributed by atoms with Crippen LogP contribution in [0.2, 0.25) is 10.0 Å². The molecule has 1 aliphatic heterocycles. The summed E-state index contributed by atoms with van der Waals surface area (Å²) in [4.78, 5) is 15.4. The topological polar surface area (TPSA) is 32.3 Å². The van der Waals surface area contributed by atoms with E-state index in [4.69, 9.17) is 23.2 Å². The van der Waals surface area contributed by atoms with Gasteiger partial charge in [-0.05, 0) is 49.1 Å². The Balaban J connectivity index is 1.86. The molecule has 1 N–H and O–H groups in total. The Labute approximate surface area is 158 Å². The standard InChI is InChI=1S/C20H22Cl2N2O/c1-14-6-5-9-24(13-14)19(15-7-3-2-4-8-15)20(25)23-18-11-16(21)10-17(22)12-18/h2-4,7-8,10-12,14,19H,5-6,9,13H2,1H3,(H,23,25). The van der Waals surface area contributed by atoms with Gasteiger partial charge < -0.3 is 5.32 Å². The van der Waals surface area contributed by atoms with E-state index in [1.807, 2.05) is 30.3 Å². The maximum atomic E-state index is 13.1. The summed E-state index contributed by atoms with van der Waals surface area (Å²) in [5.74, 6) is 0.534. The van der Waals surface area contributed by atoms with Crippen LogP contribution in [0.5, 0.6) is 0 Å². The predicted molar refractivity (Wildman–Crippen MR) is 104 cm³/mol. The SMILES string of the molecule is CC1CCCN(C(C(=O)Nc2cc(Cl)cc(Cl)c2)c2ccccc2)C1. The normalized spacial score (nSPS) is 19.4. The molecule has 1 heterocycles. The van der Waals surface area contributed by atoms with Gasteiger partial charge in [-0.15, -0.1) is 0 Å². The van der Waals surface area contributed by atoms with Crippen molar-refractivity contribution in [3.63, 3.8) is 0 Å². The molecule has 0 saturated carbocycles. The van der Waals surface area contributed by atoms with Gasteiger partial charge in [-0.3, -0.25) is 9.69 Å². The molecule has 3 nitrogen and oxygen atoms in total. The van der Waals surface area contributed by atoms with Crippen LogP contribution in [0.25, 0.3) is 0 Å². The third kappa shape index (κ3) is 4.75. The van der Waals surface area contributed by atoms with Gasteiger partial charge in [0.2, 0.25) is 5.91 Å². The van der Waals surface area contributed by atoms with E-state index in [1.54, 1.807) is 18.2 Å². The first-order valence-electron chi connectivity index (χ1n) is 8.59. The summed E-state index contributed by atoms with van der Waals surface area (Å²) in [5, 5.41) is 4.00. The fourth-order valence-electron chi connectivity index (χ4n) is 3.46. The number of piperidine rings is 1. The molecule has 0 bridgehead atoms. The maximum absolute atomic E-state index is 13.1. The molecule has 2 aromatic carbocycles. The van der Waals surface area contributed by atoms with Crippen molar-refractivity contribution in [1.29, 1.82) is 0 Å². The summed E-state index contributed by atoms with van der Waals surface area (Å²) < 4.78 is 0. The predicted octanol–water partition coefficient (Wildman–Crippen LogP) is 5.41. The van der Waals surface area contributed by atoms with Gasteiger partial charge in [0.25, 0.3) is 0 Å². The third-order valence-corrected chi connectivity index (χ3v) is 4.98. The number of nitrogens with zero attached hydrogens (tertiary/aromatic N) is 1. The van der Waals surface area contributed by atoms with E-state index in [1.165, 1.54) is 6.42 Å². The zero-order chi connectivity index (χ0) is 17.8. The Morgan fingerprint density at radius 3 is 2.48 bits per heavy atom. The van der Waals surface area contributed by atoms with E-state index in [9.17, 15) is 4.79 Å². The minimum absolute atomic E-state index is 0.0568. The number of benzene rings is 2. The molecule has 0 aromatic heterocycles. The molecule has 25 heavy (non-hydrogen) atoms. The number of carbonyl (C=O) groups is 1. The molecule has 5 heteroatoms. The van der Waals surface area contributed by atoms with Gasteiger partial charge >= 0.3 is 0 Å². The van der Waals surface area contributed by atoms with E-state index >= 15 is 0 Å². The summed E-state index contributed by atoms with van der Waals surface area (Å²) in [5.41, 5.74) is 1.62. The number of hydrogen-bond acceptors (Lipinski definition) is 2. The fourth-order valence-corrected chi connectivity index (χ4v) is 3.99. The largest absolute Gasteiger partial charge is 0.324 e. The average molecular weight is 377 g/mol. The van der Waals surface area contributed by atoms with E-state index in [0.29, 0.717) is 21.7 Å². The van der Waals surface area contributed by atoms with Crippen molar-refractivity contribution >= 4 is 34.8 Å². The maximum Gasteiger partial charge on any atom is 0.246 e. The van der Waals surface area contributed by atoms with Gasteiger partial charge in [0.1, 0.15) is 6.04 Å². The lowest BCUT2D eigenvalue weighted by molar-refractivity contribution is -0.122. The van der Waals surface area contributed by atoms with Gasteiger partial charge in [-0.1, -0.05) is 60.5 Å². The van der Waals surface area contributed by atoms with E-state index in [-0.39, 0.29) is 11.9 Å². The Hall–Kier alpha value is -1.55. The molecule has 132 valence electrons. The summed E-state index contributed by atoms with van der Waals surface area (Å²) in [6.07, 6.45) is 2.32. The smallest absolute Gasteiger partial charge is 0.246 e. The van der Waals surface area contributed by atoms with E-state index in [2.05, 4.69) is 17.1 Å². The van der Waals surface area contributed by atoms with Crippen molar-refractivity contribution in [3.05, 3.63) is 64.1 Å². The lowest BCUT2D eigenvalue weighted by Crippen LogP contribution is -2.42. The molecule has 1 aliphatic rings. The minimum Gasteiger partial charge on any atom is -0.324 e. The minimum atomic E-state index is -0.318. The second-order valence-corrected chi connectivity index (χ2v) is 7.58. The highest BCUT2D eigenvalue weighted by Crippen LogP contribution is 2.29. The van der Waals surface area contributed by atoms with Gasteiger partial charge in [0.05, 0.1) is 0 Å². The van der Waals surface area contributed by atoms with Crippen LogP contribution in [0.15, 0.2) is 48.5 Å². The second kappa shape index (κ2) is 8.22. The number of anilines is 1.